The summed E-state index contributed by atoms with van der Waals surface area (Å²) in [6.45, 7) is 3.28. The Bertz CT molecular complexity index is 312. The van der Waals surface area contributed by atoms with Crippen LogP contribution in [0.3, 0.4) is 0 Å². The summed E-state index contributed by atoms with van der Waals surface area (Å²) in [7, 11) is 0. The van der Waals surface area contributed by atoms with E-state index in [4.69, 9.17) is 5.73 Å². The summed E-state index contributed by atoms with van der Waals surface area (Å²) in [5, 5.41) is 0. The Labute approximate surface area is 96.1 Å². The summed E-state index contributed by atoms with van der Waals surface area (Å²) in [5.74, 6) is 0. The third-order valence-corrected chi connectivity index (χ3v) is 1.85. The minimum absolute atomic E-state index is 0. The highest BCUT2D eigenvalue weighted by Gasteiger charge is 1.96. The first-order chi connectivity index (χ1) is 5.75. The molecule has 14 heavy (non-hydrogen) atoms. The Kier molecular flexibility index (Phi) is 8.94. The third-order valence-electron chi connectivity index (χ3n) is 1.85. The summed E-state index contributed by atoms with van der Waals surface area (Å²) in [6.07, 6.45) is 0.852. The number of aromatic nitrogens is 1. The molecule has 0 aliphatic carbocycles. The van der Waals surface area contributed by atoms with Crippen LogP contribution < -0.4 is 11.3 Å². The van der Waals surface area contributed by atoms with Gasteiger partial charge in [0.2, 0.25) is 0 Å². The first-order valence-corrected chi connectivity index (χ1v) is 4.12. The third kappa shape index (κ3) is 4.13. The first-order valence-electron chi connectivity index (χ1n) is 4.12. The van der Waals surface area contributed by atoms with Crippen LogP contribution in [0.25, 0.3) is 0 Å². The second-order valence-electron chi connectivity index (χ2n) is 2.80. The van der Waals surface area contributed by atoms with Crippen LogP contribution >= 0.6 is 24.8 Å². The molecule has 2 N–H and O–H groups in total. The van der Waals surface area contributed by atoms with Gasteiger partial charge in [0.05, 0.1) is 0 Å². The van der Waals surface area contributed by atoms with Gasteiger partial charge < -0.3 is 10.3 Å². The standard InChI is InChI=1S/C9H14N2O.2ClH/c1-8-4-2-5-9(12)11(8)7-3-6-10;;/h2,4-5H,3,6-7,10H2,1H3;2*1H. The first kappa shape index (κ1) is 15.9. The maximum atomic E-state index is 11.3. The highest BCUT2D eigenvalue weighted by molar-refractivity contribution is 5.85. The van der Waals surface area contributed by atoms with Gasteiger partial charge in [-0.15, -0.1) is 24.8 Å². The molecule has 0 atom stereocenters. The average Bonchev–Trinajstić information content (AvgIpc) is 2.04. The van der Waals surface area contributed by atoms with E-state index in [1.54, 1.807) is 16.7 Å². The fourth-order valence-corrected chi connectivity index (χ4v) is 1.16. The zero-order chi connectivity index (χ0) is 8.97. The molecule has 0 radical (unpaired) electrons. The number of hydrogen-bond donors (Lipinski definition) is 1. The number of nitrogens with two attached hydrogens (primary N) is 1. The molecule has 0 unspecified atom stereocenters. The van der Waals surface area contributed by atoms with Gasteiger partial charge in [0.1, 0.15) is 0 Å². The van der Waals surface area contributed by atoms with Crippen LogP contribution in [0.2, 0.25) is 0 Å². The summed E-state index contributed by atoms with van der Waals surface area (Å²) >= 11 is 0. The molecule has 0 spiro atoms. The molecule has 0 bridgehead atoms. The van der Waals surface area contributed by atoms with Gasteiger partial charge in [-0.25, -0.2) is 0 Å². The lowest BCUT2D eigenvalue weighted by Crippen LogP contribution is -2.22. The Morgan fingerprint density at radius 3 is 2.50 bits per heavy atom. The van der Waals surface area contributed by atoms with E-state index in [1.165, 1.54) is 0 Å². The average molecular weight is 239 g/mol. The molecular formula is C9H16Cl2N2O. The number of nitrogens with zero attached hydrogens (tertiary/aromatic N) is 1. The zero-order valence-electron chi connectivity index (χ0n) is 8.10. The van der Waals surface area contributed by atoms with Gasteiger partial charge in [-0.1, -0.05) is 6.07 Å². The number of hydrogen-bond acceptors (Lipinski definition) is 2. The highest BCUT2D eigenvalue weighted by atomic mass is 35.5. The van der Waals surface area contributed by atoms with E-state index in [0.717, 1.165) is 18.7 Å². The molecular weight excluding hydrogens is 223 g/mol. The van der Waals surface area contributed by atoms with E-state index in [9.17, 15) is 4.79 Å². The predicted octanol–water partition coefficient (Wildman–Crippen LogP) is 1.35. The van der Waals surface area contributed by atoms with Crippen molar-refractivity contribution in [2.24, 2.45) is 5.73 Å². The second kappa shape index (κ2) is 7.85. The molecule has 0 aromatic carbocycles. The van der Waals surface area contributed by atoms with E-state index in [2.05, 4.69) is 0 Å². The number of halogens is 2. The van der Waals surface area contributed by atoms with Crippen molar-refractivity contribution in [3.63, 3.8) is 0 Å². The van der Waals surface area contributed by atoms with Crippen LogP contribution in [-0.2, 0) is 6.54 Å². The van der Waals surface area contributed by atoms with E-state index in [1.807, 2.05) is 13.0 Å². The van der Waals surface area contributed by atoms with E-state index >= 15 is 0 Å². The fraction of sp³-hybridized carbons (Fsp3) is 0.444. The van der Waals surface area contributed by atoms with Crippen molar-refractivity contribution < 1.29 is 0 Å². The summed E-state index contributed by atoms with van der Waals surface area (Å²) in [5.41, 5.74) is 6.42. The van der Waals surface area contributed by atoms with Crippen LogP contribution in [0.5, 0.6) is 0 Å². The van der Waals surface area contributed by atoms with Gasteiger partial charge in [0.25, 0.3) is 5.56 Å². The minimum atomic E-state index is 0. The van der Waals surface area contributed by atoms with E-state index < -0.39 is 0 Å². The smallest absolute Gasteiger partial charge is 0.250 e. The molecule has 0 amide bonds. The lowest BCUT2D eigenvalue weighted by atomic mass is 10.3. The normalized spacial score (nSPS) is 8.71. The molecule has 1 aromatic heterocycles. The Balaban J connectivity index is 0. The molecule has 0 saturated carbocycles. The van der Waals surface area contributed by atoms with Gasteiger partial charge in [-0.05, 0) is 26.0 Å². The van der Waals surface area contributed by atoms with Gasteiger partial charge in [0, 0.05) is 18.3 Å². The van der Waals surface area contributed by atoms with Crippen molar-refractivity contribution in [1.29, 1.82) is 0 Å². The maximum Gasteiger partial charge on any atom is 0.250 e. The Morgan fingerprint density at radius 1 is 1.36 bits per heavy atom. The molecule has 1 aromatic rings. The molecule has 1 heterocycles. The van der Waals surface area contributed by atoms with Crippen molar-refractivity contribution in [3.8, 4) is 0 Å². The lowest BCUT2D eigenvalue weighted by Gasteiger charge is -2.07. The molecule has 0 aliphatic heterocycles. The summed E-state index contributed by atoms with van der Waals surface area (Å²) in [6, 6.07) is 5.28. The quantitative estimate of drug-likeness (QED) is 0.865. The van der Waals surface area contributed by atoms with Crippen LogP contribution in [0.15, 0.2) is 23.0 Å². The van der Waals surface area contributed by atoms with Crippen molar-refractivity contribution in [2.45, 2.75) is 19.9 Å². The largest absolute Gasteiger partial charge is 0.330 e. The van der Waals surface area contributed by atoms with E-state index in [-0.39, 0.29) is 30.4 Å². The van der Waals surface area contributed by atoms with Crippen molar-refractivity contribution >= 4 is 24.8 Å². The van der Waals surface area contributed by atoms with Crippen LogP contribution in [0.1, 0.15) is 12.1 Å². The molecule has 82 valence electrons. The fourth-order valence-electron chi connectivity index (χ4n) is 1.16. The minimum Gasteiger partial charge on any atom is -0.330 e. The monoisotopic (exact) mass is 238 g/mol. The van der Waals surface area contributed by atoms with Crippen LogP contribution in [0, 0.1) is 6.92 Å². The van der Waals surface area contributed by atoms with Crippen molar-refractivity contribution in [1.82, 2.24) is 4.57 Å². The highest BCUT2D eigenvalue weighted by Crippen LogP contribution is 1.94. The Morgan fingerprint density at radius 2 is 2.00 bits per heavy atom. The number of rotatable bonds is 3. The molecule has 5 heteroatoms. The summed E-state index contributed by atoms with van der Waals surface area (Å²) in [4.78, 5) is 11.3. The number of aryl methyl sites for hydroxylation is 1. The molecule has 1 rings (SSSR count). The van der Waals surface area contributed by atoms with Gasteiger partial charge >= 0.3 is 0 Å². The summed E-state index contributed by atoms with van der Waals surface area (Å²) < 4.78 is 1.74. The zero-order valence-corrected chi connectivity index (χ0v) is 9.74. The number of pyridine rings is 1. The van der Waals surface area contributed by atoms with E-state index in [0.29, 0.717) is 6.54 Å². The van der Waals surface area contributed by atoms with Gasteiger partial charge in [0.15, 0.2) is 0 Å². The van der Waals surface area contributed by atoms with Gasteiger partial charge in [-0.3, -0.25) is 4.79 Å². The van der Waals surface area contributed by atoms with Crippen LogP contribution in [0.4, 0.5) is 0 Å². The molecule has 0 aliphatic rings. The topological polar surface area (TPSA) is 48.0 Å². The van der Waals surface area contributed by atoms with Crippen molar-refractivity contribution in [2.75, 3.05) is 6.54 Å². The molecule has 3 nitrogen and oxygen atoms in total. The lowest BCUT2D eigenvalue weighted by molar-refractivity contribution is 0.614. The van der Waals surface area contributed by atoms with Crippen LogP contribution in [-0.4, -0.2) is 11.1 Å². The molecule has 0 saturated heterocycles. The predicted molar refractivity (Wildman–Crippen MR) is 63.6 cm³/mol. The molecule has 0 fully saturated rings. The maximum absolute atomic E-state index is 11.3. The Hall–Kier alpha value is -0.510. The SMILES string of the molecule is Cc1cccc(=O)n1CCCN.Cl.Cl. The van der Waals surface area contributed by atoms with Gasteiger partial charge in [-0.2, -0.15) is 0 Å². The van der Waals surface area contributed by atoms with Crippen molar-refractivity contribution in [3.05, 3.63) is 34.2 Å². The second-order valence-corrected chi connectivity index (χ2v) is 2.80.